The summed E-state index contributed by atoms with van der Waals surface area (Å²) in [5.74, 6) is 0.759. The number of anilines is 2. The van der Waals surface area contributed by atoms with E-state index < -0.39 is 10.0 Å². The van der Waals surface area contributed by atoms with Gasteiger partial charge in [-0.1, -0.05) is 31.5 Å². The summed E-state index contributed by atoms with van der Waals surface area (Å²) in [6, 6.07) is 13.1. The molecule has 0 aliphatic carbocycles. The molecule has 0 aromatic heterocycles. The van der Waals surface area contributed by atoms with Crippen LogP contribution in [-0.2, 0) is 10.0 Å². The maximum atomic E-state index is 13.3. The second kappa shape index (κ2) is 9.87. The first-order valence-electron chi connectivity index (χ1n) is 10.3. The zero-order valence-electron chi connectivity index (χ0n) is 17.5. The van der Waals surface area contributed by atoms with Gasteiger partial charge >= 0.3 is 0 Å². The lowest BCUT2D eigenvalue weighted by Crippen LogP contribution is -2.35. The normalized spacial score (nSPS) is 14.1. The molecule has 0 saturated carbocycles. The first-order chi connectivity index (χ1) is 14.0. The van der Waals surface area contributed by atoms with Crippen molar-refractivity contribution in [1.82, 2.24) is 4.90 Å². The molecule has 1 heterocycles. The van der Waals surface area contributed by atoms with Gasteiger partial charge < -0.3 is 10.2 Å². The number of thioether (sulfide) groups is 1. The molecule has 5 nitrogen and oxygen atoms in total. The molecule has 7 heteroatoms. The quantitative estimate of drug-likeness (QED) is 0.593. The minimum atomic E-state index is -3.57. The number of benzene rings is 2. The van der Waals surface area contributed by atoms with E-state index >= 15 is 0 Å². The fourth-order valence-electron chi connectivity index (χ4n) is 3.47. The number of nitrogens with zero attached hydrogens (tertiary/aromatic N) is 2. The summed E-state index contributed by atoms with van der Waals surface area (Å²) in [5, 5.41) is 3.46. The monoisotopic (exact) mass is 433 g/mol. The van der Waals surface area contributed by atoms with Crippen LogP contribution in [0.3, 0.4) is 0 Å². The average molecular weight is 434 g/mol. The van der Waals surface area contributed by atoms with Crippen LogP contribution < -0.4 is 9.62 Å². The molecule has 0 unspecified atom stereocenters. The van der Waals surface area contributed by atoms with E-state index in [1.807, 2.05) is 37.3 Å². The van der Waals surface area contributed by atoms with Crippen molar-refractivity contribution in [3.63, 3.8) is 0 Å². The number of fused-ring (bicyclic) bond motifs is 1. The Morgan fingerprint density at radius 1 is 1.10 bits per heavy atom. The molecule has 0 spiro atoms. The van der Waals surface area contributed by atoms with Crippen LogP contribution in [0.4, 0.5) is 11.4 Å². The van der Waals surface area contributed by atoms with Gasteiger partial charge in [-0.05, 0) is 63.3 Å². The lowest BCUT2D eigenvalue weighted by atomic mass is 10.2. The van der Waals surface area contributed by atoms with Gasteiger partial charge in [0.1, 0.15) is 0 Å². The smallest absolute Gasteiger partial charge is 0.264 e. The first-order valence-corrected chi connectivity index (χ1v) is 12.7. The molecule has 0 fully saturated rings. The number of rotatable bonds is 9. The SMILES string of the molecule is CCN(CC)CCCNc1ccc2c(c1)N(S(=O)(=O)c1ccc(C)cc1)CCS2. The number of sulfonamides is 1. The lowest BCUT2D eigenvalue weighted by Gasteiger charge is -2.30. The second-order valence-corrected chi connectivity index (χ2v) is 10.2. The highest BCUT2D eigenvalue weighted by atomic mass is 32.2. The van der Waals surface area contributed by atoms with Crippen LogP contribution >= 0.6 is 11.8 Å². The molecule has 29 heavy (non-hydrogen) atoms. The molecule has 0 saturated heterocycles. The molecule has 3 rings (SSSR count). The number of nitrogens with one attached hydrogen (secondary N) is 1. The fourth-order valence-corrected chi connectivity index (χ4v) is 6.09. The third-order valence-corrected chi connectivity index (χ3v) is 8.13. The zero-order chi connectivity index (χ0) is 20.9. The van der Waals surface area contributed by atoms with E-state index in [9.17, 15) is 8.42 Å². The Morgan fingerprint density at radius 2 is 1.83 bits per heavy atom. The standard InChI is InChI=1S/C22H31N3O2S2/c1-4-24(5-2)14-6-13-23-19-9-12-22-21(17-19)25(15-16-28-22)29(26,27)20-10-7-18(3)8-11-20/h7-12,17,23H,4-6,13-16H2,1-3H3. The summed E-state index contributed by atoms with van der Waals surface area (Å²) < 4.78 is 28.1. The molecule has 1 aliphatic rings. The van der Waals surface area contributed by atoms with Crippen molar-refractivity contribution in [1.29, 1.82) is 0 Å². The van der Waals surface area contributed by atoms with Crippen molar-refractivity contribution in [3.05, 3.63) is 48.0 Å². The fraction of sp³-hybridized carbons (Fsp3) is 0.455. The topological polar surface area (TPSA) is 52.6 Å². The van der Waals surface area contributed by atoms with Gasteiger partial charge in [0, 0.05) is 29.4 Å². The zero-order valence-corrected chi connectivity index (χ0v) is 19.2. The van der Waals surface area contributed by atoms with Gasteiger partial charge in [-0.25, -0.2) is 8.42 Å². The Hall–Kier alpha value is -1.70. The van der Waals surface area contributed by atoms with Crippen molar-refractivity contribution >= 4 is 33.2 Å². The molecule has 0 radical (unpaired) electrons. The van der Waals surface area contributed by atoms with E-state index in [0.717, 1.165) is 60.2 Å². The van der Waals surface area contributed by atoms with Crippen molar-refractivity contribution in [2.24, 2.45) is 0 Å². The van der Waals surface area contributed by atoms with E-state index in [-0.39, 0.29) is 0 Å². The van der Waals surface area contributed by atoms with Crippen molar-refractivity contribution in [3.8, 4) is 0 Å². The second-order valence-electron chi connectivity index (χ2n) is 7.23. The maximum Gasteiger partial charge on any atom is 0.264 e. The number of hydrogen-bond acceptors (Lipinski definition) is 5. The van der Waals surface area contributed by atoms with Crippen LogP contribution in [0.2, 0.25) is 0 Å². The van der Waals surface area contributed by atoms with E-state index in [1.165, 1.54) is 0 Å². The summed E-state index contributed by atoms with van der Waals surface area (Å²) >= 11 is 1.71. The van der Waals surface area contributed by atoms with E-state index in [0.29, 0.717) is 11.4 Å². The molecular weight excluding hydrogens is 402 g/mol. The summed E-state index contributed by atoms with van der Waals surface area (Å²) in [4.78, 5) is 3.76. The van der Waals surface area contributed by atoms with Gasteiger partial charge in [0.25, 0.3) is 10.0 Å². The Morgan fingerprint density at radius 3 is 2.52 bits per heavy atom. The minimum Gasteiger partial charge on any atom is -0.385 e. The van der Waals surface area contributed by atoms with E-state index in [2.05, 4.69) is 24.1 Å². The summed E-state index contributed by atoms with van der Waals surface area (Å²) in [6.07, 6.45) is 1.05. The third kappa shape index (κ3) is 5.27. The molecule has 2 aromatic carbocycles. The van der Waals surface area contributed by atoms with Gasteiger partial charge in [0.15, 0.2) is 0 Å². The molecule has 0 atom stereocenters. The highest BCUT2D eigenvalue weighted by Crippen LogP contribution is 2.39. The molecular formula is C22H31N3O2S2. The van der Waals surface area contributed by atoms with Gasteiger partial charge in [0.2, 0.25) is 0 Å². The van der Waals surface area contributed by atoms with E-state index in [1.54, 1.807) is 28.2 Å². The Kier molecular flexibility index (Phi) is 7.49. The van der Waals surface area contributed by atoms with Crippen LogP contribution in [0.5, 0.6) is 0 Å². The summed E-state index contributed by atoms with van der Waals surface area (Å²) in [7, 11) is -3.57. The van der Waals surface area contributed by atoms with Crippen LogP contribution in [0.1, 0.15) is 25.8 Å². The van der Waals surface area contributed by atoms with Crippen LogP contribution in [-0.4, -0.2) is 51.8 Å². The predicted octanol–water partition coefficient (Wildman–Crippen LogP) is 4.44. The van der Waals surface area contributed by atoms with Gasteiger partial charge in [-0.3, -0.25) is 4.31 Å². The van der Waals surface area contributed by atoms with Crippen molar-refractivity contribution < 1.29 is 8.42 Å². The molecule has 1 N–H and O–H groups in total. The average Bonchev–Trinajstić information content (AvgIpc) is 2.73. The maximum absolute atomic E-state index is 13.3. The Balaban J connectivity index is 1.76. The Bertz CT molecular complexity index is 910. The highest BCUT2D eigenvalue weighted by molar-refractivity contribution is 8.00. The number of hydrogen-bond donors (Lipinski definition) is 1. The number of aryl methyl sites for hydroxylation is 1. The van der Waals surface area contributed by atoms with Crippen LogP contribution in [0.25, 0.3) is 0 Å². The molecule has 1 aliphatic heterocycles. The third-order valence-electron chi connectivity index (χ3n) is 5.26. The highest BCUT2D eigenvalue weighted by Gasteiger charge is 2.29. The van der Waals surface area contributed by atoms with E-state index in [4.69, 9.17) is 0 Å². The Labute approximate surface area is 179 Å². The lowest BCUT2D eigenvalue weighted by molar-refractivity contribution is 0.303. The van der Waals surface area contributed by atoms with Crippen molar-refractivity contribution in [2.45, 2.75) is 37.0 Å². The summed E-state index contributed by atoms with van der Waals surface area (Å²) in [5.41, 5.74) is 2.79. The van der Waals surface area contributed by atoms with Crippen LogP contribution in [0.15, 0.2) is 52.3 Å². The van der Waals surface area contributed by atoms with Gasteiger partial charge in [-0.2, -0.15) is 0 Å². The molecule has 0 bridgehead atoms. The largest absolute Gasteiger partial charge is 0.385 e. The first kappa shape index (κ1) is 22.0. The molecule has 158 valence electrons. The molecule has 2 aromatic rings. The van der Waals surface area contributed by atoms with Gasteiger partial charge in [-0.15, -0.1) is 11.8 Å². The van der Waals surface area contributed by atoms with Crippen LogP contribution in [0, 0.1) is 6.92 Å². The summed E-state index contributed by atoms with van der Waals surface area (Å²) in [6.45, 7) is 10.9. The minimum absolute atomic E-state index is 0.346. The molecule has 0 amide bonds. The predicted molar refractivity (Wildman–Crippen MR) is 124 cm³/mol. The van der Waals surface area contributed by atoms with Gasteiger partial charge in [0.05, 0.1) is 10.6 Å². The van der Waals surface area contributed by atoms with Crippen molar-refractivity contribution in [2.75, 3.05) is 48.1 Å².